The number of thiophene rings is 1. The van der Waals surface area contributed by atoms with E-state index in [1.807, 2.05) is 0 Å². The number of hydrogen-bond donors (Lipinski definition) is 1. The summed E-state index contributed by atoms with van der Waals surface area (Å²) in [4.78, 5) is 0. The van der Waals surface area contributed by atoms with Gasteiger partial charge in [0.2, 0.25) is 0 Å². The van der Waals surface area contributed by atoms with Crippen LogP contribution in [0.3, 0.4) is 0 Å². The maximum absolute atomic E-state index is 6.45. The Morgan fingerprint density at radius 2 is 1.93 bits per heavy atom. The van der Waals surface area contributed by atoms with Gasteiger partial charge < -0.3 is 5.73 Å². The number of nitrogens with two attached hydrogens (primary N) is 1. The minimum absolute atomic E-state index is 0.162. The molecule has 0 atom stereocenters. The first-order chi connectivity index (χ1) is 7.21. The zero-order valence-electron chi connectivity index (χ0n) is 9.29. The van der Waals surface area contributed by atoms with Crippen LogP contribution in [0.2, 0.25) is 0 Å². The third kappa shape index (κ3) is 1.68. The quantitative estimate of drug-likeness (QED) is 0.833. The van der Waals surface area contributed by atoms with Gasteiger partial charge in [-0.1, -0.05) is 32.0 Å². The second kappa shape index (κ2) is 3.95. The number of benzene rings is 1. The molecule has 0 radical (unpaired) electrons. The van der Waals surface area contributed by atoms with Crippen LogP contribution in [0.15, 0.2) is 29.6 Å². The lowest BCUT2D eigenvalue weighted by molar-refractivity contribution is 0.417. The third-order valence-electron chi connectivity index (χ3n) is 3.28. The van der Waals surface area contributed by atoms with Crippen LogP contribution in [0.1, 0.15) is 32.3 Å². The van der Waals surface area contributed by atoms with Gasteiger partial charge in [0, 0.05) is 10.2 Å². The molecule has 1 aromatic carbocycles. The van der Waals surface area contributed by atoms with Gasteiger partial charge in [-0.3, -0.25) is 0 Å². The predicted molar refractivity (Wildman–Crippen MR) is 68.3 cm³/mol. The lowest BCUT2D eigenvalue weighted by Gasteiger charge is -2.27. The molecule has 2 rings (SSSR count). The summed E-state index contributed by atoms with van der Waals surface area (Å²) in [7, 11) is 0. The summed E-state index contributed by atoms with van der Waals surface area (Å²) >= 11 is 1.79. The molecule has 0 saturated heterocycles. The molecule has 0 spiro atoms. The minimum atomic E-state index is -0.162. The predicted octanol–water partition coefficient (Wildman–Crippen LogP) is 3.88. The lowest BCUT2D eigenvalue weighted by Crippen LogP contribution is -2.35. The highest BCUT2D eigenvalue weighted by Gasteiger charge is 2.24. The van der Waals surface area contributed by atoms with Gasteiger partial charge in [-0.25, -0.2) is 0 Å². The van der Waals surface area contributed by atoms with Crippen molar-refractivity contribution >= 4 is 21.4 Å². The van der Waals surface area contributed by atoms with Crippen molar-refractivity contribution in [1.82, 2.24) is 0 Å². The summed E-state index contributed by atoms with van der Waals surface area (Å²) in [5.41, 5.74) is 7.59. The lowest BCUT2D eigenvalue weighted by atomic mass is 9.85. The van der Waals surface area contributed by atoms with E-state index in [1.54, 1.807) is 11.3 Å². The highest BCUT2D eigenvalue weighted by atomic mass is 32.1. The molecule has 0 unspecified atom stereocenters. The molecule has 15 heavy (non-hydrogen) atoms. The molecule has 0 aliphatic rings. The molecule has 80 valence electrons. The molecule has 0 fully saturated rings. The fourth-order valence-electron chi connectivity index (χ4n) is 2.02. The summed E-state index contributed by atoms with van der Waals surface area (Å²) < 4.78 is 1.35. The van der Waals surface area contributed by atoms with E-state index in [4.69, 9.17) is 5.73 Å². The molecule has 1 heterocycles. The Labute approximate surface area is 94.9 Å². The summed E-state index contributed by atoms with van der Waals surface area (Å²) in [5.74, 6) is 0. The van der Waals surface area contributed by atoms with Crippen LogP contribution in [-0.4, -0.2) is 0 Å². The summed E-state index contributed by atoms with van der Waals surface area (Å²) in [5, 5.41) is 3.45. The third-order valence-corrected chi connectivity index (χ3v) is 4.24. The van der Waals surface area contributed by atoms with Crippen molar-refractivity contribution in [3.05, 3.63) is 35.2 Å². The maximum atomic E-state index is 6.45. The molecule has 0 saturated carbocycles. The van der Waals surface area contributed by atoms with Gasteiger partial charge in [0.25, 0.3) is 0 Å². The van der Waals surface area contributed by atoms with Crippen molar-refractivity contribution in [3.8, 4) is 0 Å². The molecule has 0 aliphatic heterocycles. The zero-order chi connectivity index (χ0) is 10.9. The van der Waals surface area contributed by atoms with Crippen molar-refractivity contribution in [1.29, 1.82) is 0 Å². The molecule has 0 aliphatic carbocycles. The molecule has 2 aromatic rings. The molecule has 1 nitrogen and oxygen atoms in total. The summed E-state index contributed by atoms with van der Waals surface area (Å²) in [6, 6.07) is 8.60. The zero-order valence-corrected chi connectivity index (χ0v) is 10.1. The van der Waals surface area contributed by atoms with E-state index < -0.39 is 0 Å². The molecule has 2 N–H and O–H groups in total. The second-order valence-electron chi connectivity index (χ2n) is 4.01. The van der Waals surface area contributed by atoms with Gasteiger partial charge in [-0.05, 0) is 35.2 Å². The standard InChI is InChI=1S/C13H17NS/c1-3-13(14,4-2)11-7-5-6-10-8-9-15-12(10)11/h5-9H,3-4,14H2,1-2H3. The normalized spacial score (nSPS) is 12.2. The Balaban J connectivity index is 2.64. The van der Waals surface area contributed by atoms with Gasteiger partial charge >= 0.3 is 0 Å². The molecular formula is C13H17NS. The molecule has 1 aromatic heterocycles. The Morgan fingerprint density at radius 3 is 2.60 bits per heavy atom. The van der Waals surface area contributed by atoms with Gasteiger partial charge in [-0.2, -0.15) is 0 Å². The Bertz CT molecular complexity index is 454. The van der Waals surface area contributed by atoms with Crippen LogP contribution < -0.4 is 5.73 Å². The van der Waals surface area contributed by atoms with E-state index in [0.29, 0.717) is 0 Å². The van der Waals surface area contributed by atoms with Gasteiger partial charge in [-0.15, -0.1) is 11.3 Å². The van der Waals surface area contributed by atoms with Crippen molar-refractivity contribution in [3.63, 3.8) is 0 Å². The van der Waals surface area contributed by atoms with Crippen molar-refractivity contribution in [2.24, 2.45) is 5.73 Å². The number of fused-ring (bicyclic) bond motifs is 1. The average molecular weight is 219 g/mol. The first kappa shape index (κ1) is 10.7. The number of rotatable bonds is 3. The fourth-order valence-corrected chi connectivity index (χ4v) is 3.04. The molecule has 2 heteroatoms. The maximum Gasteiger partial charge on any atom is 0.0418 e. The van der Waals surface area contributed by atoms with Crippen molar-refractivity contribution in [2.75, 3.05) is 0 Å². The largest absolute Gasteiger partial charge is 0.321 e. The van der Waals surface area contributed by atoms with E-state index in [-0.39, 0.29) is 5.54 Å². The van der Waals surface area contributed by atoms with E-state index in [9.17, 15) is 0 Å². The fraction of sp³-hybridized carbons (Fsp3) is 0.385. The number of hydrogen-bond acceptors (Lipinski definition) is 2. The molecular weight excluding hydrogens is 202 g/mol. The first-order valence-corrected chi connectivity index (χ1v) is 6.35. The van der Waals surface area contributed by atoms with Crippen LogP contribution in [0.4, 0.5) is 0 Å². The van der Waals surface area contributed by atoms with Gasteiger partial charge in [0.05, 0.1) is 0 Å². The van der Waals surface area contributed by atoms with Crippen LogP contribution in [0.25, 0.3) is 10.1 Å². The Morgan fingerprint density at radius 1 is 1.20 bits per heavy atom. The highest BCUT2D eigenvalue weighted by molar-refractivity contribution is 7.17. The Hall–Kier alpha value is -0.860. The van der Waals surface area contributed by atoms with Crippen LogP contribution in [0, 0.1) is 0 Å². The second-order valence-corrected chi connectivity index (χ2v) is 4.92. The highest BCUT2D eigenvalue weighted by Crippen LogP contribution is 2.34. The van der Waals surface area contributed by atoms with Gasteiger partial charge in [0.15, 0.2) is 0 Å². The van der Waals surface area contributed by atoms with E-state index in [2.05, 4.69) is 43.5 Å². The minimum Gasteiger partial charge on any atom is -0.321 e. The Kier molecular flexibility index (Phi) is 2.81. The van der Waals surface area contributed by atoms with Crippen molar-refractivity contribution < 1.29 is 0 Å². The first-order valence-electron chi connectivity index (χ1n) is 5.47. The van der Waals surface area contributed by atoms with Crippen LogP contribution >= 0.6 is 11.3 Å². The van der Waals surface area contributed by atoms with Crippen molar-refractivity contribution in [2.45, 2.75) is 32.2 Å². The van der Waals surface area contributed by atoms with E-state index >= 15 is 0 Å². The van der Waals surface area contributed by atoms with Gasteiger partial charge in [0.1, 0.15) is 0 Å². The van der Waals surface area contributed by atoms with Crippen LogP contribution in [-0.2, 0) is 5.54 Å². The summed E-state index contributed by atoms with van der Waals surface area (Å²) in [6.45, 7) is 4.33. The van der Waals surface area contributed by atoms with E-state index in [1.165, 1.54) is 15.6 Å². The molecule has 0 amide bonds. The SMILES string of the molecule is CCC(N)(CC)c1cccc2ccsc12. The summed E-state index contributed by atoms with van der Waals surface area (Å²) in [6.07, 6.45) is 1.97. The van der Waals surface area contributed by atoms with E-state index in [0.717, 1.165) is 12.8 Å². The molecule has 0 bridgehead atoms. The topological polar surface area (TPSA) is 26.0 Å². The average Bonchev–Trinajstić information content (AvgIpc) is 2.75. The smallest absolute Gasteiger partial charge is 0.0418 e. The van der Waals surface area contributed by atoms with Crippen LogP contribution in [0.5, 0.6) is 0 Å². The monoisotopic (exact) mass is 219 g/mol.